The number of benzene rings is 2. The van der Waals surface area contributed by atoms with Gasteiger partial charge >= 0.3 is 5.69 Å². The smallest absolute Gasteiger partial charge is 0.315 e. The number of ether oxygens (including phenoxy) is 1. The van der Waals surface area contributed by atoms with Gasteiger partial charge in [-0.25, -0.2) is 9.67 Å². The Labute approximate surface area is 153 Å². The lowest BCUT2D eigenvalue weighted by Crippen LogP contribution is -1.98. The standard InChI is InChI=1S/C18H14N4O5/c1-27-17-9-12(8-15(18(17)24)22(25)26)2-7-16(23)13-3-5-14(6-4-13)21-11-19-10-20-21/h2-11,24H,1H3. The first-order valence-corrected chi connectivity index (χ1v) is 7.72. The summed E-state index contributed by atoms with van der Waals surface area (Å²) >= 11 is 0. The molecule has 0 aliphatic carbocycles. The quantitative estimate of drug-likeness (QED) is 0.308. The molecule has 0 saturated carbocycles. The van der Waals surface area contributed by atoms with Gasteiger partial charge in [-0.3, -0.25) is 14.9 Å². The number of hydrogen-bond donors (Lipinski definition) is 1. The van der Waals surface area contributed by atoms with E-state index in [-0.39, 0.29) is 11.5 Å². The number of carbonyl (C=O) groups is 1. The number of hydrogen-bond acceptors (Lipinski definition) is 7. The molecule has 136 valence electrons. The van der Waals surface area contributed by atoms with Crippen LogP contribution in [0.1, 0.15) is 15.9 Å². The summed E-state index contributed by atoms with van der Waals surface area (Å²) in [5.74, 6) is -0.891. The van der Waals surface area contributed by atoms with Gasteiger partial charge in [-0.2, -0.15) is 5.10 Å². The van der Waals surface area contributed by atoms with E-state index in [1.165, 1.54) is 31.7 Å². The van der Waals surface area contributed by atoms with Crippen molar-refractivity contribution in [2.45, 2.75) is 0 Å². The van der Waals surface area contributed by atoms with Crippen molar-refractivity contribution in [2.24, 2.45) is 0 Å². The second-order valence-corrected chi connectivity index (χ2v) is 5.43. The lowest BCUT2D eigenvalue weighted by atomic mass is 10.1. The first-order valence-electron chi connectivity index (χ1n) is 7.72. The maximum atomic E-state index is 12.3. The number of ketones is 1. The number of nitro groups is 1. The third-order valence-electron chi connectivity index (χ3n) is 3.76. The molecule has 1 heterocycles. The van der Waals surface area contributed by atoms with Gasteiger partial charge in [-0.05, 0) is 42.0 Å². The number of aromatic hydroxyl groups is 1. The van der Waals surface area contributed by atoms with Gasteiger partial charge in [0.15, 0.2) is 11.5 Å². The van der Waals surface area contributed by atoms with Gasteiger partial charge in [-0.1, -0.05) is 6.08 Å². The predicted octanol–water partition coefficient (Wildman–Crippen LogP) is 2.79. The largest absolute Gasteiger partial charge is 0.500 e. The number of phenolic OH excluding ortho intramolecular Hbond substituents is 1. The molecule has 2 aromatic carbocycles. The molecule has 0 radical (unpaired) electrons. The van der Waals surface area contributed by atoms with Gasteiger partial charge in [-0.15, -0.1) is 0 Å². The maximum absolute atomic E-state index is 12.3. The number of methoxy groups -OCH3 is 1. The fraction of sp³-hybridized carbons (Fsp3) is 0.0556. The predicted molar refractivity (Wildman–Crippen MR) is 96.0 cm³/mol. The van der Waals surface area contributed by atoms with Crippen LogP contribution in [0, 0.1) is 10.1 Å². The first kappa shape index (κ1) is 17.8. The maximum Gasteiger partial charge on any atom is 0.315 e. The molecule has 0 spiro atoms. The minimum Gasteiger partial charge on any atom is -0.500 e. The number of nitro benzene ring substituents is 1. The van der Waals surface area contributed by atoms with E-state index in [0.29, 0.717) is 11.1 Å². The van der Waals surface area contributed by atoms with E-state index < -0.39 is 16.4 Å². The van der Waals surface area contributed by atoms with Crippen LogP contribution in [0.4, 0.5) is 5.69 Å². The Morgan fingerprint density at radius 3 is 2.63 bits per heavy atom. The van der Waals surface area contributed by atoms with E-state index in [9.17, 15) is 20.0 Å². The molecule has 0 fully saturated rings. The van der Waals surface area contributed by atoms with Crippen molar-refractivity contribution in [3.63, 3.8) is 0 Å². The monoisotopic (exact) mass is 366 g/mol. The molecular formula is C18H14N4O5. The zero-order chi connectivity index (χ0) is 19.4. The van der Waals surface area contributed by atoms with Crippen molar-refractivity contribution in [2.75, 3.05) is 7.11 Å². The van der Waals surface area contributed by atoms with Crippen molar-refractivity contribution in [1.29, 1.82) is 0 Å². The number of aromatic nitrogens is 3. The van der Waals surface area contributed by atoms with Crippen molar-refractivity contribution in [1.82, 2.24) is 14.8 Å². The highest BCUT2D eigenvalue weighted by atomic mass is 16.6. The van der Waals surface area contributed by atoms with Crippen LogP contribution in [0.3, 0.4) is 0 Å². The van der Waals surface area contributed by atoms with Crippen molar-refractivity contribution in [3.8, 4) is 17.2 Å². The molecule has 0 saturated heterocycles. The van der Waals surface area contributed by atoms with Crippen molar-refractivity contribution in [3.05, 3.63) is 76.4 Å². The molecule has 0 atom stereocenters. The Kier molecular flexibility index (Phi) is 4.93. The summed E-state index contributed by atoms with van der Waals surface area (Å²) < 4.78 is 6.49. The van der Waals surface area contributed by atoms with Crippen LogP contribution in [0.25, 0.3) is 11.8 Å². The minimum absolute atomic E-state index is 0.0477. The van der Waals surface area contributed by atoms with E-state index in [1.54, 1.807) is 35.3 Å². The number of allylic oxidation sites excluding steroid dienone is 1. The van der Waals surface area contributed by atoms with E-state index in [0.717, 1.165) is 11.8 Å². The minimum atomic E-state index is -0.722. The molecule has 27 heavy (non-hydrogen) atoms. The summed E-state index contributed by atoms with van der Waals surface area (Å²) in [6, 6.07) is 9.30. The zero-order valence-electron chi connectivity index (χ0n) is 14.1. The van der Waals surface area contributed by atoms with Gasteiger partial charge < -0.3 is 9.84 Å². The third-order valence-corrected chi connectivity index (χ3v) is 3.76. The van der Waals surface area contributed by atoms with Gasteiger partial charge in [0.2, 0.25) is 5.75 Å². The summed E-state index contributed by atoms with van der Waals surface area (Å²) in [6.07, 6.45) is 5.66. The third kappa shape index (κ3) is 3.82. The molecular weight excluding hydrogens is 352 g/mol. The molecule has 3 aromatic rings. The lowest BCUT2D eigenvalue weighted by Gasteiger charge is -2.05. The van der Waals surface area contributed by atoms with Gasteiger partial charge in [0.05, 0.1) is 17.7 Å². The Bertz CT molecular complexity index is 1010. The first-order chi connectivity index (χ1) is 13.0. The number of carbonyl (C=O) groups excluding carboxylic acids is 1. The summed E-state index contributed by atoms with van der Waals surface area (Å²) in [5, 5.41) is 24.8. The van der Waals surface area contributed by atoms with E-state index >= 15 is 0 Å². The van der Waals surface area contributed by atoms with Crippen molar-refractivity contribution < 1.29 is 19.6 Å². The van der Waals surface area contributed by atoms with Crippen LogP contribution in [-0.2, 0) is 0 Å². The SMILES string of the molecule is COc1cc(C=CC(=O)c2ccc(-n3cncn3)cc2)cc([N+](=O)[O-])c1O. The molecule has 1 aromatic heterocycles. The van der Waals surface area contributed by atoms with E-state index in [2.05, 4.69) is 10.1 Å². The fourth-order valence-electron chi connectivity index (χ4n) is 2.39. The molecule has 9 heteroatoms. The average Bonchev–Trinajstić information content (AvgIpc) is 3.21. The molecule has 0 amide bonds. The highest BCUT2D eigenvalue weighted by Crippen LogP contribution is 2.37. The fourth-order valence-corrected chi connectivity index (χ4v) is 2.39. The molecule has 0 aliphatic heterocycles. The average molecular weight is 366 g/mol. The van der Waals surface area contributed by atoms with Gasteiger partial charge in [0.1, 0.15) is 12.7 Å². The molecule has 3 rings (SSSR count). The molecule has 0 aliphatic rings. The number of phenols is 1. The Hall–Kier alpha value is -4.01. The van der Waals surface area contributed by atoms with E-state index in [1.807, 2.05) is 0 Å². The summed E-state index contributed by atoms with van der Waals surface area (Å²) in [6.45, 7) is 0. The van der Waals surface area contributed by atoms with Gasteiger partial charge in [0.25, 0.3) is 0 Å². The molecule has 9 nitrogen and oxygen atoms in total. The normalized spacial score (nSPS) is 10.9. The summed E-state index contributed by atoms with van der Waals surface area (Å²) in [4.78, 5) is 26.5. The van der Waals surface area contributed by atoms with Gasteiger partial charge in [0, 0.05) is 11.6 Å². The second-order valence-electron chi connectivity index (χ2n) is 5.43. The van der Waals surface area contributed by atoms with Crippen LogP contribution in [-0.4, -0.2) is 37.7 Å². The molecule has 0 bridgehead atoms. The summed E-state index contributed by atoms with van der Waals surface area (Å²) in [7, 11) is 1.29. The van der Waals surface area contributed by atoms with E-state index in [4.69, 9.17) is 4.74 Å². The number of nitrogens with zero attached hydrogens (tertiary/aromatic N) is 4. The highest BCUT2D eigenvalue weighted by Gasteiger charge is 2.19. The second kappa shape index (κ2) is 7.48. The van der Waals surface area contributed by atoms with Crippen LogP contribution >= 0.6 is 0 Å². The highest BCUT2D eigenvalue weighted by molar-refractivity contribution is 6.07. The zero-order valence-corrected chi connectivity index (χ0v) is 14.1. The van der Waals surface area contributed by atoms with Crippen molar-refractivity contribution >= 4 is 17.5 Å². The molecule has 0 unspecified atom stereocenters. The lowest BCUT2D eigenvalue weighted by molar-refractivity contribution is -0.386. The van der Waals surface area contributed by atoms with Crippen LogP contribution in [0.2, 0.25) is 0 Å². The van der Waals surface area contributed by atoms with Crippen LogP contribution < -0.4 is 4.74 Å². The van der Waals surface area contributed by atoms with Crippen LogP contribution in [0.5, 0.6) is 11.5 Å². The molecule has 1 N–H and O–H groups in total. The number of rotatable bonds is 6. The summed E-state index contributed by atoms with van der Waals surface area (Å²) in [5.41, 5.74) is 1.05. The van der Waals surface area contributed by atoms with Crippen LogP contribution in [0.15, 0.2) is 55.1 Å². The Balaban J connectivity index is 1.82. The Morgan fingerprint density at radius 1 is 1.30 bits per heavy atom. The Morgan fingerprint density at radius 2 is 2.04 bits per heavy atom. The topological polar surface area (TPSA) is 120 Å².